The van der Waals surface area contributed by atoms with E-state index in [2.05, 4.69) is 5.43 Å². The zero-order valence-electron chi connectivity index (χ0n) is 12.2. The minimum absolute atomic E-state index is 0.293. The maximum absolute atomic E-state index is 13.3. The molecule has 0 aliphatic heterocycles. The summed E-state index contributed by atoms with van der Waals surface area (Å²) in [5, 5.41) is 0.709. The zero-order chi connectivity index (χ0) is 15.1. The normalized spacial score (nSPS) is 13.0. The van der Waals surface area contributed by atoms with Gasteiger partial charge in [-0.3, -0.25) is 5.84 Å². The molecule has 0 bridgehead atoms. The van der Waals surface area contributed by atoms with Gasteiger partial charge in [0.1, 0.15) is 34.7 Å². The minimum atomic E-state index is -0.335. The van der Waals surface area contributed by atoms with Crippen LogP contribution in [0.4, 0.5) is 4.39 Å². The Hall–Kier alpha value is -2.11. The van der Waals surface area contributed by atoms with Crippen molar-refractivity contribution in [2.24, 2.45) is 5.84 Å². The van der Waals surface area contributed by atoms with Gasteiger partial charge in [0.2, 0.25) is 0 Å². The van der Waals surface area contributed by atoms with Crippen LogP contribution in [-0.2, 0) is 0 Å². The van der Waals surface area contributed by atoms with Crippen LogP contribution >= 0.6 is 0 Å². The monoisotopic (exact) mass is 288 g/mol. The van der Waals surface area contributed by atoms with Gasteiger partial charge in [-0.05, 0) is 50.6 Å². The lowest BCUT2D eigenvalue weighted by Gasteiger charge is -2.13. The van der Waals surface area contributed by atoms with Crippen molar-refractivity contribution >= 4 is 11.0 Å². The van der Waals surface area contributed by atoms with Crippen LogP contribution in [0.15, 0.2) is 33.1 Å². The highest BCUT2D eigenvalue weighted by molar-refractivity contribution is 5.78. The fourth-order valence-corrected chi connectivity index (χ4v) is 2.72. The van der Waals surface area contributed by atoms with Gasteiger partial charge in [0.05, 0.1) is 0 Å². The van der Waals surface area contributed by atoms with Crippen molar-refractivity contribution in [1.29, 1.82) is 0 Å². The molecule has 3 N–H and O–H groups in total. The van der Waals surface area contributed by atoms with Crippen molar-refractivity contribution in [2.45, 2.75) is 26.8 Å². The van der Waals surface area contributed by atoms with Crippen molar-refractivity contribution in [1.82, 2.24) is 5.43 Å². The lowest BCUT2D eigenvalue weighted by molar-refractivity contribution is 0.461. The van der Waals surface area contributed by atoms with Gasteiger partial charge in [0.15, 0.2) is 0 Å². The highest BCUT2D eigenvalue weighted by Gasteiger charge is 2.24. The lowest BCUT2D eigenvalue weighted by Crippen LogP contribution is -2.29. The highest BCUT2D eigenvalue weighted by Crippen LogP contribution is 2.33. The van der Waals surface area contributed by atoms with Crippen molar-refractivity contribution < 1.29 is 13.2 Å². The molecule has 0 aliphatic rings. The summed E-state index contributed by atoms with van der Waals surface area (Å²) >= 11 is 0. The Morgan fingerprint density at radius 2 is 1.86 bits per heavy atom. The average molecular weight is 288 g/mol. The van der Waals surface area contributed by atoms with E-state index in [4.69, 9.17) is 14.7 Å². The summed E-state index contributed by atoms with van der Waals surface area (Å²) < 4.78 is 24.7. The molecule has 1 unspecified atom stereocenters. The number of hydrogen-bond donors (Lipinski definition) is 2. The van der Waals surface area contributed by atoms with E-state index in [1.165, 1.54) is 12.1 Å². The van der Waals surface area contributed by atoms with Crippen LogP contribution in [0.1, 0.15) is 34.4 Å². The van der Waals surface area contributed by atoms with Crippen molar-refractivity contribution in [3.63, 3.8) is 0 Å². The Labute approximate surface area is 121 Å². The van der Waals surface area contributed by atoms with E-state index < -0.39 is 0 Å². The summed E-state index contributed by atoms with van der Waals surface area (Å²) in [5.74, 6) is 7.69. The SMILES string of the molecule is Cc1oc(C)c(C(NN)c2cc3cc(F)ccc3o2)c1C. The molecule has 2 aromatic heterocycles. The fraction of sp³-hybridized carbons (Fsp3) is 0.250. The van der Waals surface area contributed by atoms with E-state index in [1.54, 1.807) is 12.1 Å². The van der Waals surface area contributed by atoms with Crippen LogP contribution in [0.5, 0.6) is 0 Å². The molecule has 3 aromatic rings. The van der Waals surface area contributed by atoms with Crippen LogP contribution in [0.25, 0.3) is 11.0 Å². The number of halogens is 1. The second-order valence-electron chi connectivity index (χ2n) is 5.18. The number of furan rings is 2. The quantitative estimate of drug-likeness (QED) is 0.570. The van der Waals surface area contributed by atoms with Crippen molar-refractivity contribution in [3.8, 4) is 0 Å². The van der Waals surface area contributed by atoms with Gasteiger partial charge in [-0.25, -0.2) is 9.82 Å². The first-order valence-corrected chi connectivity index (χ1v) is 6.73. The molecule has 0 saturated heterocycles. The van der Waals surface area contributed by atoms with E-state index in [9.17, 15) is 4.39 Å². The molecule has 21 heavy (non-hydrogen) atoms. The van der Waals surface area contributed by atoms with Crippen LogP contribution in [0.2, 0.25) is 0 Å². The number of fused-ring (bicyclic) bond motifs is 1. The summed E-state index contributed by atoms with van der Waals surface area (Å²) in [4.78, 5) is 0. The molecule has 1 atom stereocenters. The van der Waals surface area contributed by atoms with Crippen LogP contribution in [0.3, 0.4) is 0 Å². The van der Waals surface area contributed by atoms with E-state index in [1.807, 2.05) is 20.8 Å². The zero-order valence-corrected chi connectivity index (χ0v) is 12.2. The van der Waals surface area contributed by atoms with E-state index in [0.717, 1.165) is 22.6 Å². The van der Waals surface area contributed by atoms with Crippen molar-refractivity contribution in [3.05, 3.63) is 58.5 Å². The Kier molecular flexibility index (Phi) is 3.31. The van der Waals surface area contributed by atoms with Crippen LogP contribution < -0.4 is 11.3 Å². The number of nitrogens with one attached hydrogen (secondary N) is 1. The maximum Gasteiger partial charge on any atom is 0.134 e. The summed E-state index contributed by atoms with van der Waals surface area (Å²) in [6, 6.07) is 5.89. The van der Waals surface area contributed by atoms with E-state index in [-0.39, 0.29) is 11.9 Å². The summed E-state index contributed by atoms with van der Waals surface area (Å²) in [6.07, 6.45) is 0. The number of hydrazine groups is 1. The number of nitrogens with two attached hydrogens (primary N) is 1. The van der Waals surface area contributed by atoms with E-state index >= 15 is 0 Å². The Morgan fingerprint density at radius 3 is 2.48 bits per heavy atom. The van der Waals surface area contributed by atoms with E-state index in [0.29, 0.717) is 16.7 Å². The Morgan fingerprint density at radius 1 is 1.10 bits per heavy atom. The number of hydrogen-bond acceptors (Lipinski definition) is 4. The van der Waals surface area contributed by atoms with Gasteiger partial charge >= 0.3 is 0 Å². The van der Waals surface area contributed by atoms with Gasteiger partial charge in [0.25, 0.3) is 0 Å². The summed E-state index contributed by atoms with van der Waals surface area (Å²) in [6.45, 7) is 5.78. The number of aryl methyl sites for hydroxylation is 2. The molecule has 0 saturated carbocycles. The first-order valence-electron chi connectivity index (χ1n) is 6.73. The Balaban J connectivity index is 2.13. The van der Waals surface area contributed by atoms with Crippen molar-refractivity contribution in [2.75, 3.05) is 0 Å². The largest absolute Gasteiger partial charge is 0.466 e. The fourth-order valence-electron chi connectivity index (χ4n) is 2.72. The summed E-state index contributed by atoms with van der Waals surface area (Å²) in [7, 11) is 0. The van der Waals surface area contributed by atoms with Crippen LogP contribution in [-0.4, -0.2) is 0 Å². The molecule has 0 aliphatic carbocycles. The molecular formula is C16H17FN2O2. The van der Waals surface area contributed by atoms with Crippen LogP contribution in [0, 0.1) is 26.6 Å². The maximum atomic E-state index is 13.3. The number of rotatable bonds is 3. The minimum Gasteiger partial charge on any atom is -0.466 e. The third-order valence-electron chi connectivity index (χ3n) is 3.85. The molecular weight excluding hydrogens is 271 g/mol. The molecule has 0 fully saturated rings. The molecule has 2 heterocycles. The summed E-state index contributed by atoms with van der Waals surface area (Å²) in [5.41, 5.74) is 5.37. The first-order chi connectivity index (χ1) is 10.0. The third kappa shape index (κ3) is 2.24. The molecule has 5 heteroatoms. The molecule has 110 valence electrons. The van der Waals surface area contributed by atoms with Gasteiger partial charge in [-0.2, -0.15) is 0 Å². The third-order valence-corrected chi connectivity index (χ3v) is 3.85. The van der Waals surface area contributed by atoms with Gasteiger partial charge in [-0.1, -0.05) is 0 Å². The average Bonchev–Trinajstić information content (AvgIpc) is 2.95. The topological polar surface area (TPSA) is 64.3 Å². The second kappa shape index (κ2) is 5.02. The molecule has 4 nitrogen and oxygen atoms in total. The second-order valence-corrected chi connectivity index (χ2v) is 5.18. The predicted octanol–water partition coefficient (Wildman–Crippen LogP) is 3.64. The first kappa shape index (κ1) is 13.9. The molecule has 3 rings (SSSR count). The van der Waals surface area contributed by atoms with Gasteiger partial charge in [0, 0.05) is 10.9 Å². The number of benzene rings is 1. The Bertz CT molecular complexity index is 804. The highest BCUT2D eigenvalue weighted by atomic mass is 19.1. The lowest BCUT2D eigenvalue weighted by atomic mass is 10.0. The molecule has 0 spiro atoms. The molecule has 1 aromatic carbocycles. The molecule has 0 amide bonds. The smallest absolute Gasteiger partial charge is 0.134 e. The van der Waals surface area contributed by atoms with Gasteiger partial charge in [-0.15, -0.1) is 0 Å². The standard InChI is InChI=1S/C16H17FN2O2/c1-8-9(2)20-10(3)15(8)16(19-18)14-7-11-6-12(17)4-5-13(11)21-14/h4-7,16,19H,18H2,1-3H3. The molecule has 0 radical (unpaired) electrons. The van der Waals surface area contributed by atoms with Gasteiger partial charge < -0.3 is 8.83 Å². The predicted molar refractivity (Wildman–Crippen MR) is 78.3 cm³/mol.